The van der Waals surface area contributed by atoms with Crippen LogP contribution in [0.1, 0.15) is 16.1 Å². The molecule has 0 spiro atoms. The summed E-state index contributed by atoms with van der Waals surface area (Å²) >= 11 is 0. The lowest BCUT2D eigenvalue weighted by atomic mass is 10.2. The Hall–Kier alpha value is -2.92. The lowest BCUT2D eigenvalue weighted by Crippen LogP contribution is -2.34. The Labute approximate surface area is 147 Å². The number of pyridine rings is 1. The summed E-state index contributed by atoms with van der Waals surface area (Å²) in [6, 6.07) is 17.5. The molecule has 3 rings (SSSR count). The van der Waals surface area contributed by atoms with E-state index in [9.17, 15) is 9.90 Å². The lowest BCUT2D eigenvalue weighted by molar-refractivity contribution is 0.0698. The van der Waals surface area contributed by atoms with Crippen molar-refractivity contribution in [1.29, 1.82) is 0 Å². The van der Waals surface area contributed by atoms with Crippen LogP contribution in [0.15, 0.2) is 67.0 Å². The van der Waals surface area contributed by atoms with E-state index in [4.69, 9.17) is 0 Å². The molecule has 25 heavy (non-hydrogen) atoms. The number of hydrogen-bond acceptors (Lipinski definition) is 3. The number of carbonyl (C=O) groups excluding carboxylic acids is 1. The molecule has 0 aliphatic heterocycles. The fourth-order valence-electron chi connectivity index (χ4n) is 2.87. The number of carbonyl (C=O) groups is 1. The molecule has 1 N–H and O–H groups in total. The van der Waals surface area contributed by atoms with Gasteiger partial charge in [0.25, 0.3) is 5.91 Å². The Morgan fingerprint density at radius 2 is 1.92 bits per heavy atom. The summed E-state index contributed by atoms with van der Waals surface area (Å²) in [5.41, 5.74) is 3.57. The van der Waals surface area contributed by atoms with Crippen molar-refractivity contribution >= 4 is 5.91 Å². The number of nitrogens with zero attached hydrogens (tertiary/aromatic N) is 3. The minimum atomic E-state index is -0.109. The molecule has 2 heterocycles. The van der Waals surface area contributed by atoms with Gasteiger partial charge in [-0.05, 0) is 29.3 Å². The van der Waals surface area contributed by atoms with E-state index in [1.165, 1.54) is 0 Å². The second-order valence-electron chi connectivity index (χ2n) is 5.84. The van der Waals surface area contributed by atoms with Crippen LogP contribution < -0.4 is 0 Å². The number of rotatable bonds is 6. The third-order valence-corrected chi connectivity index (χ3v) is 4.16. The van der Waals surface area contributed by atoms with Gasteiger partial charge < -0.3 is 14.6 Å². The molecule has 128 valence electrons. The van der Waals surface area contributed by atoms with Crippen molar-refractivity contribution in [3.8, 4) is 11.3 Å². The SMILES string of the molecule is Cn1c(C(=O)N(CCO)Cc2cccnc2)ccc1-c1ccccc1. The van der Waals surface area contributed by atoms with Gasteiger partial charge in [0, 0.05) is 38.2 Å². The van der Waals surface area contributed by atoms with Crippen LogP contribution >= 0.6 is 0 Å². The van der Waals surface area contributed by atoms with Gasteiger partial charge in [-0.15, -0.1) is 0 Å². The topological polar surface area (TPSA) is 58.4 Å². The van der Waals surface area contributed by atoms with Crippen molar-refractivity contribution in [2.45, 2.75) is 6.54 Å². The van der Waals surface area contributed by atoms with Crippen LogP contribution in [-0.4, -0.2) is 38.6 Å². The first-order valence-electron chi connectivity index (χ1n) is 8.21. The second-order valence-corrected chi connectivity index (χ2v) is 5.84. The summed E-state index contributed by atoms with van der Waals surface area (Å²) in [7, 11) is 1.89. The molecule has 0 radical (unpaired) electrons. The van der Waals surface area contributed by atoms with Crippen LogP contribution in [0.5, 0.6) is 0 Å². The normalized spacial score (nSPS) is 10.6. The maximum absolute atomic E-state index is 13.0. The van der Waals surface area contributed by atoms with E-state index in [0.29, 0.717) is 12.2 Å². The van der Waals surface area contributed by atoms with Crippen LogP contribution in [0.4, 0.5) is 0 Å². The van der Waals surface area contributed by atoms with Crippen molar-refractivity contribution in [2.75, 3.05) is 13.2 Å². The van der Waals surface area contributed by atoms with E-state index in [0.717, 1.165) is 16.8 Å². The molecular formula is C20H21N3O2. The van der Waals surface area contributed by atoms with E-state index in [1.807, 2.05) is 66.2 Å². The van der Waals surface area contributed by atoms with Crippen molar-refractivity contribution in [3.05, 3.63) is 78.2 Å². The minimum Gasteiger partial charge on any atom is -0.395 e. The lowest BCUT2D eigenvalue weighted by Gasteiger charge is -2.22. The quantitative estimate of drug-likeness (QED) is 0.753. The van der Waals surface area contributed by atoms with Crippen LogP contribution in [0.3, 0.4) is 0 Å². The number of amides is 1. The molecule has 0 saturated carbocycles. The van der Waals surface area contributed by atoms with Crippen LogP contribution in [0.2, 0.25) is 0 Å². The molecule has 5 heteroatoms. The fourth-order valence-corrected chi connectivity index (χ4v) is 2.87. The Kier molecular flexibility index (Phi) is 5.26. The highest BCUT2D eigenvalue weighted by Gasteiger charge is 2.20. The highest BCUT2D eigenvalue weighted by Crippen LogP contribution is 2.22. The maximum Gasteiger partial charge on any atom is 0.270 e. The third-order valence-electron chi connectivity index (χ3n) is 4.16. The van der Waals surface area contributed by atoms with E-state index < -0.39 is 0 Å². The molecular weight excluding hydrogens is 314 g/mol. The molecule has 0 fully saturated rings. The fraction of sp³-hybridized carbons (Fsp3) is 0.200. The summed E-state index contributed by atoms with van der Waals surface area (Å²) < 4.78 is 1.89. The van der Waals surface area contributed by atoms with Gasteiger partial charge in [0.2, 0.25) is 0 Å². The molecule has 0 saturated heterocycles. The number of hydrogen-bond donors (Lipinski definition) is 1. The van der Waals surface area contributed by atoms with Gasteiger partial charge >= 0.3 is 0 Å². The molecule has 1 amide bonds. The summed E-state index contributed by atoms with van der Waals surface area (Å²) in [4.78, 5) is 18.7. The van der Waals surface area contributed by atoms with Gasteiger partial charge in [-0.2, -0.15) is 0 Å². The zero-order valence-electron chi connectivity index (χ0n) is 14.2. The summed E-state index contributed by atoms with van der Waals surface area (Å²) in [5, 5.41) is 9.35. The third kappa shape index (κ3) is 3.78. The first kappa shape index (κ1) is 16.9. The number of aromatic nitrogens is 2. The minimum absolute atomic E-state index is 0.0814. The summed E-state index contributed by atoms with van der Waals surface area (Å²) in [6.07, 6.45) is 3.43. The van der Waals surface area contributed by atoms with E-state index in [-0.39, 0.29) is 19.1 Å². The smallest absolute Gasteiger partial charge is 0.270 e. The molecule has 5 nitrogen and oxygen atoms in total. The number of aliphatic hydroxyl groups is 1. The van der Waals surface area contributed by atoms with Crippen molar-refractivity contribution in [2.24, 2.45) is 7.05 Å². The van der Waals surface area contributed by atoms with E-state index >= 15 is 0 Å². The summed E-state index contributed by atoms with van der Waals surface area (Å²) in [5.74, 6) is -0.109. The van der Waals surface area contributed by atoms with Gasteiger partial charge in [0.15, 0.2) is 0 Å². The van der Waals surface area contributed by atoms with Gasteiger partial charge in [0.05, 0.1) is 6.61 Å². The van der Waals surface area contributed by atoms with Gasteiger partial charge in [0.1, 0.15) is 5.69 Å². The second kappa shape index (κ2) is 7.77. The van der Waals surface area contributed by atoms with Crippen LogP contribution in [0.25, 0.3) is 11.3 Å². The van der Waals surface area contributed by atoms with Crippen molar-refractivity contribution in [3.63, 3.8) is 0 Å². The largest absolute Gasteiger partial charge is 0.395 e. The predicted molar refractivity (Wildman–Crippen MR) is 96.9 cm³/mol. The number of benzene rings is 1. The molecule has 0 aliphatic rings. The predicted octanol–water partition coefficient (Wildman–Crippen LogP) is 2.72. The summed E-state index contributed by atoms with van der Waals surface area (Å²) in [6.45, 7) is 0.612. The Morgan fingerprint density at radius 1 is 1.12 bits per heavy atom. The van der Waals surface area contributed by atoms with Crippen LogP contribution in [0, 0.1) is 0 Å². The van der Waals surface area contributed by atoms with Crippen LogP contribution in [-0.2, 0) is 13.6 Å². The Balaban J connectivity index is 1.86. The average Bonchev–Trinajstić information content (AvgIpc) is 3.04. The van der Waals surface area contributed by atoms with Crippen molar-refractivity contribution in [1.82, 2.24) is 14.5 Å². The first-order valence-corrected chi connectivity index (χ1v) is 8.21. The van der Waals surface area contributed by atoms with E-state index in [1.54, 1.807) is 17.3 Å². The molecule has 0 bridgehead atoms. The van der Waals surface area contributed by atoms with E-state index in [2.05, 4.69) is 4.98 Å². The molecule has 0 atom stereocenters. The average molecular weight is 335 g/mol. The molecule has 0 aliphatic carbocycles. The molecule has 1 aromatic carbocycles. The highest BCUT2D eigenvalue weighted by molar-refractivity contribution is 5.94. The van der Waals surface area contributed by atoms with Gasteiger partial charge in [-0.3, -0.25) is 9.78 Å². The van der Waals surface area contributed by atoms with Gasteiger partial charge in [-0.1, -0.05) is 36.4 Å². The molecule has 3 aromatic rings. The Morgan fingerprint density at radius 3 is 2.60 bits per heavy atom. The Bertz CT molecular complexity index is 829. The zero-order valence-corrected chi connectivity index (χ0v) is 14.2. The number of aliphatic hydroxyl groups excluding tert-OH is 1. The molecule has 2 aromatic heterocycles. The zero-order chi connectivity index (χ0) is 17.6. The van der Waals surface area contributed by atoms with Gasteiger partial charge in [-0.25, -0.2) is 0 Å². The highest BCUT2D eigenvalue weighted by atomic mass is 16.3. The molecule has 0 unspecified atom stereocenters. The monoisotopic (exact) mass is 335 g/mol. The standard InChI is InChI=1S/C20H21N3O2/c1-22-18(17-7-3-2-4-8-17)9-10-19(22)20(25)23(12-13-24)15-16-6-5-11-21-14-16/h2-11,14,24H,12-13,15H2,1H3. The van der Waals surface area contributed by atoms with Crippen molar-refractivity contribution < 1.29 is 9.90 Å². The first-order chi connectivity index (χ1) is 12.2. The maximum atomic E-state index is 13.0.